The van der Waals surface area contributed by atoms with Gasteiger partial charge in [-0.15, -0.1) is 0 Å². The Morgan fingerprint density at radius 2 is 1.84 bits per heavy atom. The third kappa shape index (κ3) is 2.36. The van der Waals surface area contributed by atoms with Crippen molar-refractivity contribution in [2.45, 2.75) is 6.92 Å². The van der Waals surface area contributed by atoms with Gasteiger partial charge in [0.15, 0.2) is 0 Å². The minimum absolute atomic E-state index is 0.160. The van der Waals surface area contributed by atoms with Gasteiger partial charge in [0.25, 0.3) is 5.91 Å². The number of aryl methyl sites for hydroxylation is 1. The van der Waals surface area contributed by atoms with Gasteiger partial charge in [0.2, 0.25) is 0 Å². The van der Waals surface area contributed by atoms with Gasteiger partial charge in [0, 0.05) is 5.69 Å². The second-order valence-corrected chi connectivity index (χ2v) is 4.46. The van der Waals surface area contributed by atoms with Crippen LogP contribution >= 0.6 is 0 Å². The van der Waals surface area contributed by atoms with Crippen LogP contribution in [0.3, 0.4) is 0 Å². The summed E-state index contributed by atoms with van der Waals surface area (Å²) >= 11 is 0. The molecule has 0 fully saturated rings. The summed E-state index contributed by atoms with van der Waals surface area (Å²) in [6.45, 7) is 1.81. The fourth-order valence-corrected chi connectivity index (χ4v) is 2.03. The standard InChI is InChI=1S/C16H13NO2/c1-11-8-14(10-19-11)16(18)17-15-7-6-12-4-2-3-5-13(12)9-15/h2-10H,1H3,(H,17,18). The number of carbonyl (C=O) groups excluding carboxylic acids is 1. The molecule has 3 rings (SSSR count). The zero-order chi connectivity index (χ0) is 13.2. The predicted molar refractivity (Wildman–Crippen MR) is 75.3 cm³/mol. The molecule has 3 heteroatoms. The molecule has 0 radical (unpaired) electrons. The van der Waals surface area contributed by atoms with Gasteiger partial charge in [0.05, 0.1) is 5.56 Å². The van der Waals surface area contributed by atoms with Gasteiger partial charge < -0.3 is 9.73 Å². The maximum atomic E-state index is 12.0. The van der Waals surface area contributed by atoms with E-state index in [1.54, 1.807) is 6.07 Å². The molecule has 0 saturated carbocycles. The third-order valence-electron chi connectivity index (χ3n) is 3.00. The van der Waals surface area contributed by atoms with E-state index >= 15 is 0 Å². The Bertz CT molecular complexity index is 743. The lowest BCUT2D eigenvalue weighted by atomic mass is 10.1. The van der Waals surface area contributed by atoms with E-state index in [9.17, 15) is 4.79 Å². The monoisotopic (exact) mass is 251 g/mol. The lowest BCUT2D eigenvalue weighted by Gasteiger charge is -2.05. The summed E-state index contributed by atoms with van der Waals surface area (Å²) in [6.07, 6.45) is 1.46. The number of anilines is 1. The van der Waals surface area contributed by atoms with Crippen molar-refractivity contribution in [2.24, 2.45) is 0 Å². The maximum Gasteiger partial charge on any atom is 0.258 e. The van der Waals surface area contributed by atoms with Crippen LogP contribution in [0.2, 0.25) is 0 Å². The Morgan fingerprint density at radius 3 is 2.58 bits per heavy atom. The smallest absolute Gasteiger partial charge is 0.258 e. The van der Waals surface area contributed by atoms with E-state index in [1.165, 1.54) is 6.26 Å². The maximum absolute atomic E-state index is 12.0. The zero-order valence-corrected chi connectivity index (χ0v) is 10.5. The Labute approximate surface area is 110 Å². The molecule has 1 heterocycles. The SMILES string of the molecule is Cc1cc(C(=O)Nc2ccc3ccccc3c2)co1. The molecule has 0 aliphatic carbocycles. The van der Waals surface area contributed by atoms with Crippen molar-refractivity contribution in [3.05, 3.63) is 66.1 Å². The Balaban J connectivity index is 1.87. The highest BCUT2D eigenvalue weighted by atomic mass is 16.3. The molecule has 2 aromatic carbocycles. The van der Waals surface area contributed by atoms with E-state index in [0.29, 0.717) is 5.56 Å². The van der Waals surface area contributed by atoms with Gasteiger partial charge >= 0.3 is 0 Å². The average Bonchev–Trinajstić information content (AvgIpc) is 2.85. The van der Waals surface area contributed by atoms with Gasteiger partial charge in [-0.05, 0) is 35.9 Å². The Hall–Kier alpha value is -2.55. The first kappa shape index (κ1) is 11.5. The minimum atomic E-state index is -0.160. The average molecular weight is 251 g/mol. The second kappa shape index (κ2) is 4.61. The molecule has 0 unspecified atom stereocenters. The predicted octanol–water partition coefficient (Wildman–Crippen LogP) is 3.99. The van der Waals surface area contributed by atoms with Crippen LogP contribution < -0.4 is 5.32 Å². The molecule has 94 valence electrons. The van der Waals surface area contributed by atoms with Gasteiger partial charge in [-0.2, -0.15) is 0 Å². The van der Waals surface area contributed by atoms with E-state index < -0.39 is 0 Å². The van der Waals surface area contributed by atoms with Crippen molar-refractivity contribution in [2.75, 3.05) is 5.32 Å². The molecule has 0 bridgehead atoms. The number of fused-ring (bicyclic) bond motifs is 1. The number of nitrogens with one attached hydrogen (secondary N) is 1. The normalized spacial score (nSPS) is 10.6. The molecule has 1 aromatic heterocycles. The summed E-state index contributed by atoms with van der Waals surface area (Å²) in [5.41, 5.74) is 1.31. The van der Waals surface area contributed by atoms with Crippen molar-refractivity contribution in [3.63, 3.8) is 0 Å². The summed E-state index contributed by atoms with van der Waals surface area (Å²) in [6, 6.07) is 15.6. The summed E-state index contributed by atoms with van der Waals surface area (Å²) in [4.78, 5) is 12.0. The highest BCUT2D eigenvalue weighted by Crippen LogP contribution is 2.19. The van der Waals surface area contributed by atoms with Crippen LogP contribution in [0.1, 0.15) is 16.1 Å². The molecule has 0 atom stereocenters. The number of furan rings is 1. The lowest BCUT2D eigenvalue weighted by Crippen LogP contribution is -2.10. The first-order valence-electron chi connectivity index (χ1n) is 6.08. The van der Waals surface area contributed by atoms with Crippen molar-refractivity contribution in [1.82, 2.24) is 0 Å². The fourth-order valence-electron chi connectivity index (χ4n) is 2.03. The first-order chi connectivity index (χ1) is 9.22. The van der Waals surface area contributed by atoms with E-state index in [-0.39, 0.29) is 5.91 Å². The zero-order valence-electron chi connectivity index (χ0n) is 10.5. The van der Waals surface area contributed by atoms with Crippen LogP contribution in [0.15, 0.2) is 59.2 Å². The molecular formula is C16H13NO2. The van der Waals surface area contributed by atoms with Crippen molar-refractivity contribution in [3.8, 4) is 0 Å². The summed E-state index contributed by atoms with van der Waals surface area (Å²) in [5.74, 6) is 0.566. The van der Waals surface area contributed by atoms with Crippen LogP contribution in [0, 0.1) is 6.92 Å². The number of hydrogen-bond donors (Lipinski definition) is 1. The summed E-state index contributed by atoms with van der Waals surface area (Å²) in [7, 11) is 0. The lowest BCUT2D eigenvalue weighted by molar-refractivity contribution is 0.102. The summed E-state index contributed by atoms with van der Waals surface area (Å²) in [5, 5.41) is 5.12. The van der Waals surface area contributed by atoms with Gasteiger partial charge in [-0.25, -0.2) is 0 Å². The molecule has 0 saturated heterocycles. The molecule has 0 spiro atoms. The molecule has 1 amide bonds. The molecule has 0 aliphatic heterocycles. The number of hydrogen-bond acceptors (Lipinski definition) is 2. The van der Waals surface area contributed by atoms with Crippen LogP contribution in [0.5, 0.6) is 0 Å². The first-order valence-corrected chi connectivity index (χ1v) is 6.08. The van der Waals surface area contributed by atoms with E-state index in [4.69, 9.17) is 4.42 Å². The molecule has 0 aliphatic rings. The van der Waals surface area contributed by atoms with Crippen LogP contribution in [-0.2, 0) is 0 Å². The number of amides is 1. The second-order valence-electron chi connectivity index (χ2n) is 4.46. The van der Waals surface area contributed by atoms with Crippen molar-refractivity contribution in [1.29, 1.82) is 0 Å². The number of benzene rings is 2. The van der Waals surface area contributed by atoms with Gasteiger partial charge in [0.1, 0.15) is 12.0 Å². The van der Waals surface area contributed by atoms with E-state index in [2.05, 4.69) is 5.32 Å². The van der Waals surface area contributed by atoms with Crippen molar-refractivity contribution < 1.29 is 9.21 Å². The van der Waals surface area contributed by atoms with Crippen molar-refractivity contribution >= 4 is 22.4 Å². The quantitative estimate of drug-likeness (QED) is 0.748. The largest absolute Gasteiger partial charge is 0.469 e. The Morgan fingerprint density at radius 1 is 1.05 bits per heavy atom. The number of rotatable bonds is 2. The minimum Gasteiger partial charge on any atom is -0.469 e. The van der Waals surface area contributed by atoms with E-state index in [0.717, 1.165) is 22.2 Å². The molecule has 3 aromatic rings. The number of carbonyl (C=O) groups is 1. The fraction of sp³-hybridized carbons (Fsp3) is 0.0625. The molecule has 3 nitrogen and oxygen atoms in total. The molecule has 19 heavy (non-hydrogen) atoms. The Kier molecular flexibility index (Phi) is 2.80. The third-order valence-corrected chi connectivity index (χ3v) is 3.00. The van der Waals surface area contributed by atoms with E-state index in [1.807, 2.05) is 49.4 Å². The highest BCUT2D eigenvalue weighted by Gasteiger charge is 2.08. The molecular weight excluding hydrogens is 238 g/mol. The van der Waals surface area contributed by atoms with Crippen LogP contribution in [0.4, 0.5) is 5.69 Å². The summed E-state index contributed by atoms with van der Waals surface area (Å²) < 4.78 is 5.13. The molecule has 1 N–H and O–H groups in total. The van der Waals surface area contributed by atoms with Crippen LogP contribution in [0.25, 0.3) is 10.8 Å². The topological polar surface area (TPSA) is 42.2 Å². The highest BCUT2D eigenvalue weighted by molar-refractivity contribution is 6.05. The van der Waals surface area contributed by atoms with Crippen LogP contribution in [-0.4, -0.2) is 5.91 Å². The van der Waals surface area contributed by atoms with Gasteiger partial charge in [-0.3, -0.25) is 4.79 Å². The van der Waals surface area contributed by atoms with Gasteiger partial charge in [-0.1, -0.05) is 30.3 Å².